The van der Waals surface area contributed by atoms with E-state index in [-0.39, 0.29) is 12.0 Å². The summed E-state index contributed by atoms with van der Waals surface area (Å²) in [6.45, 7) is 6.48. The molecule has 1 saturated carbocycles. The molecule has 3 heterocycles. The van der Waals surface area contributed by atoms with E-state index in [2.05, 4.69) is 43.5 Å². The minimum atomic E-state index is -0.0646. The number of rotatable bonds is 7. The number of aromatic nitrogens is 2. The third kappa shape index (κ3) is 5.56. The number of benzene rings is 2. The second kappa shape index (κ2) is 11.4. The van der Waals surface area contributed by atoms with Crippen LogP contribution in [-0.4, -0.2) is 80.1 Å². The molecular formula is C30H40N6O3. The number of carbonyl (C=O) groups excluding carboxylic acids is 1. The van der Waals surface area contributed by atoms with Gasteiger partial charge in [-0.05, 0) is 54.2 Å². The Morgan fingerprint density at radius 2 is 1.85 bits per heavy atom. The first-order chi connectivity index (χ1) is 19.1. The predicted molar refractivity (Wildman–Crippen MR) is 154 cm³/mol. The molecule has 3 aliphatic rings. The Morgan fingerprint density at radius 1 is 1.08 bits per heavy atom. The van der Waals surface area contributed by atoms with Gasteiger partial charge in [-0.3, -0.25) is 14.8 Å². The zero-order chi connectivity index (χ0) is 26.8. The molecule has 2 aromatic carbocycles. The van der Waals surface area contributed by atoms with Crippen molar-refractivity contribution in [2.24, 2.45) is 5.92 Å². The van der Waals surface area contributed by atoms with Crippen LogP contribution in [0.15, 0.2) is 30.3 Å². The van der Waals surface area contributed by atoms with Crippen LogP contribution in [0.5, 0.6) is 5.75 Å². The molecular weight excluding hydrogens is 492 g/mol. The van der Waals surface area contributed by atoms with E-state index in [0.717, 1.165) is 78.4 Å². The van der Waals surface area contributed by atoms with Crippen LogP contribution < -0.4 is 20.7 Å². The fourth-order valence-corrected chi connectivity index (χ4v) is 6.41. The number of amides is 1. The van der Waals surface area contributed by atoms with Crippen LogP contribution >= 0.6 is 0 Å². The van der Waals surface area contributed by atoms with Gasteiger partial charge in [0, 0.05) is 52.6 Å². The van der Waals surface area contributed by atoms with E-state index in [9.17, 15) is 4.79 Å². The van der Waals surface area contributed by atoms with Gasteiger partial charge in [-0.1, -0.05) is 18.9 Å². The highest BCUT2D eigenvalue weighted by Gasteiger charge is 2.25. The highest BCUT2D eigenvalue weighted by molar-refractivity contribution is 6.01. The van der Waals surface area contributed by atoms with Crippen molar-refractivity contribution in [2.45, 2.75) is 44.6 Å². The summed E-state index contributed by atoms with van der Waals surface area (Å²) in [5.41, 5.74) is 10.8. The van der Waals surface area contributed by atoms with Crippen molar-refractivity contribution in [3.05, 3.63) is 35.9 Å². The molecule has 9 nitrogen and oxygen atoms in total. The van der Waals surface area contributed by atoms with Crippen LogP contribution in [0.3, 0.4) is 0 Å². The van der Waals surface area contributed by atoms with Crippen LogP contribution in [0, 0.1) is 5.92 Å². The Labute approximate surface area is 230 Å². The maximum absolute atomic E-state index is 12.9. The summed E-state index contributed by atoms with van der Waals surface area (Å²) < 4.78 is 12.0. The smallest absolute Gasteiger partial charge is 0.253 e. The highest BCUT2D eigenvalue weighted by Crippen LogP contribution is 2.38. The number of piperazine rings is 1. The number of nitrogen functional groups attached to an aromatic ring is 1. The topological polar surface area (TPSA) is 109 Å². The average molecular weight is 533 g/mol. The van der Waals surface area contributed by atoms with Crippen molar-refractivity contribution in [3.63, 3.8) is 0 Å². The van der Waals surface area contributed by atoms with E-state index in [0.29, 0.717) is 24.6 Å². The summed E-state index contributed by atoms with van der Waals surface area (Å²) in [5, 5.41) is 11.0. The summed E-state index contributed by atoms with van der Waals surface area (Å²) in [4.78, 5) is 17.8. The fraction of sp³-hybridized carbons (Fsp3) is 0.533. The molecule has 3 aromatic rings. The van der Waals surface area contributed by atoms with Crippen LogP contribution in [0.25, 0.3) is 22.0 Å². The van der Waals surface area contributed by atoms with Crippen molar-refractivity contribution in [3.8, 4) is 16.9 Å². The largest absolute Gasteiger partial charge is 0.489 e. The van der Waals surface area contributed by atoms with Crippen LogP contribution in [0.2, 0.25) is 0 Å². The van der Waals surface area contributed by atoms with Crippen molar-refractivity contribution in [1.82, 2.24) is 20.4 Å². The number of nitrogens with two attached hydrogens (primary N) is 1. The summed E-state index contributed by atoms with van der Waals surface area (Å²) in [6.07, 6.45) is 7.28. The van der Waals surface area contributed by atoms with Crippen LogP contribution in [0.1, 0.15) is 48.9 Å². The Hall–Kier alpha value is -3.30. The van der Waals surface area contributed by atoms with Crippen molar-refractivity contribution < 1.29 is 14.3 Å². The van der Waals surface area contributed by atoms with Gasteiger partial charge in [-0.2, -0.15) is 5.10 Å². The van der Waals surface area contributed by atoms with Gasteiger partial charge in [0.2, 0.25) is 0 Å². The SMILES string of the molecule is CNC(=O)c1ccc(-c2cc(OC3CCOCC3)c3c(N)n[nH]c3c2)cc1N1CCN(CC2CCCC2)CC1. The number of hydrogen-bond donors (Lipinski definition) is 3. The maximum atomic E-state index is 12.9. The third-order valence-electron chi connectivity index (χ3n) is 8.62. The molecule has 39 heavy (non-hydrogen) atoms. The molecule has 0 spiro atoms. The summed E-state index contributed by atoms with van der Waals surface area (Å²) in [5.74, 6) is 1.96. The number of carbonyl (C=O) groups is 1. The Morgan fingerprint density at radius 3 is 2.59 bits per heavy atom. The molecule has 1 aliphatic carbocycles. The molecule has 0 unspecified atom stereocenters. The number of anilines is 2. The number of H-pyrrole nitrogens is 1. The number of ether oxygens (including phenoxy) is 2. The lowest BCUT2D eigenvalue weighted by atomic mass is 9.99. The molecule has 0 radical (unpaired) electrons. The average Bonchev–Trinajstić information content (AvgIpc) is 3.63. The van der Waals surface area contributed by atoms with E-state index >= 15 is 0 Å². The van der Waals surface area contributed by atoms with Gasteiger partial charge in [0.25, 0.3) is 5.91 Å². The van der Waals surface area contributed by atoms with E-state index < -0.39 is 0 Å². The lowest BCUT2D eigenvalue weighted by molar-refractivity contribution is 0.0262. The lowest BCUT2D eigenvalue weighted by Crippen LogP contribution is -2.48. The lowest BCUT2D eigenvalue weighted by Gasteiger charge is -2.38. The first kappa shape index (κ1) is 26.0. The highest BCUT2D eigenvalue weighted by atomic mass is 16.5. The molecule has 2 saturated heterocycles. The number of hydrogen-bond acceptors (Lipinski definition) is 7. The Bertz CT molecular complexity index is 1300. The molecule has 3 fully saturated rings. The monoisotopic (exact) mass is 532 g/mol. The number of aromatic amines is 1. The first-order valence-electron chi connectivity index (χ1n) is 14.4. The van der Waals surface area contributed by atoms with E-state index in [1.54, 1.807) is 7.05 Å². The number of nitrogens with one attached hydrogen (secondary N) is 2. The molecule has 6 rings (SSSR count). The fourth-order valence-electron chi connectivity index (χ4n) is 6.41. The summed E-state index contributed by atoms with van der Waals surface area (Å²) in [6, 6.07) is 10.2. The minimum Gasteiger partial charge on any atom is -0.489 e. The maximum Gasteiger partial charge on any atom is 0.253 e. The number of nitrogens with zero attached hydrogens (tertiary/aromatic N) is 3. The van der Waals surface area contributed by atoms with Gasteiger partial charge >= 0.3 is 0 Å². The van der Waals surface area contributed by atoms with Crippen LogP contribution in [0.4, 0.5) is 11.5 Å². The Kier molecular flexibility index (Phi) is 7.61. The van der Waals surface area contributed by atoms with Crippen molar-refractivity contribution >= 4 is 28.3 Å². The molecule has 208 valence electrons. The van der Waals surface area contributed by atoms with Gasteiger partial charge in [0.05, 0.1) is 35.4 Å². The number of fused-ring (bicyclic) bond motifs is 1. The van der Waals surface area contributed by atoms with Gasteiger partial charge in [0.1, 0.15) is 11.9 Å². The molecule has 9 heteroatoms. The molecule has 1 aromatic heterocycles. The third-order valence-corrected chi connectivity index (χ3v) is 8.62. The standard InChI is InChI=1S/C30H40N6O3/c1-32-30(37)24-7-6-21(17-26(24)36-12-10-35(11-13-36)19-20-4-2-3-5-20)22-16-25-28(29(31)34-33-25)27(18-22)39-23-8-14-38-15-9-23/h6-7,16-18,20,23H,2-5,8-15,19H2,1H3,(H,32,37)(H3,31,33,34). The first-order valence-corrected chi connectivity index (χ1v) is 14.4. The molecule has 2 aliphatic heterocycles. The van der Waals surface area contributed by atoms with E-state index in [4.69, 9.17) is 15.2 Å². The van der Waals surface area contributed by atoms with Gasteiger partial charge in [-0.25, -0.2) is 0 Å². The second-order valence-corrected chi connectivity index (χ2v) is 11.2. The zero-order valence-electron chi connectivity index (χ0n) is 22.9. The van der Waals surface area contributed by atoms with Crippen LogP contribution in [-0.2, 0) is 4.74 Å². The predicted octanol–water partition coefficient (Wildman–Crippen LogP) is 4.04. The van der Waals surface area contributed by atoms with E-state index in [1.807, 2.05) is 12.1 Å². The molecule has 0 atom stereocenters. The zero-order valence-corrected chi connectivity index (χ0v) is 22.9. The second-order valence-electron chi connectivity index (χ2n) is 11.2. The Balaban J connectivity index is 1.29. The summed E-state index contributed by atoms with van der Waals surface area (Å²) in [7, 11) is 1.69. The van der Waals surface area contributed by atoms with E-state index in [1.165, 1.54) is 32.2 Å². The quantitative estimate of drug-likeness (QED) is 0.421. The van der Waals surface area contributed by atoms with Gasteiger partial charge in [0.15, 0.2) is 5.82 Å². The molecule has 4 N–H and O–H groups in total. The van der Waals surface area contributed by atoms with Gasteiger partial charge in [-0.15, -0.1) is 0 Å². The minimum absolute atomic E-state index is 0.0646. The van der Waals surface area contributed by atoms with Crippen molar-refractivity contribution in [1.29, 1.82) is 0 Å². The molecule has 0 bridgehead atoms. The van der Waals surface area contributed by atoms with Gasteiger partial charge < -0.3 is 25.4 Å². The normalized spacial score (nSPS) is 19.6. The summed E-state index contributed by atoms with van der Waals surface area (Å²) >= 11 is 0. The molecule has 1 amide bonds. The van der Waals surface area contributed by atoms with Crippen molar-refractivity contribution in [2.75, 3.05) is 63.6 Å².